The van der Waals surface area contributed by atoms with Crippen LogP contribution >= 0.6 is 15.9 Å². The van der Waals surface area contributed by atoms with Crippen LogP contribution in [0.1, 0.15) is 15.9 Å². The highest BCUT2D eigenvalue weighted by atomic mass is 79.9. The number of fused-ring (bicyclic) bond motifs is 1. The lowest BCUT2D eigenvalue weighted by atomic mass is 10.2. The number of hydrogen-bond acceptors (Lipinski definition) is 5. The Balaban J connectivity index is 1.79. The molecule has 0 fully saturated rings. The number of carboxylic acid groups (broad SMARTS) is 1. The lowest BCUT2D eigenvalue weighted by Crippen LogP contribution is -2.31. The van der Waals surface area contributed by atoms with Crippen LogP contribution in [-0.4, -0.2) is 30.8 Å². The van der Waals surface area contributed by atoms with Crippen LogP contribution in [0.4, 0.5) is 19.0 Å². The second-order valence-corrected chi connectivity index (χ2v) is 10.2. The lowest BCUT2D eigenvalue weighted by Gasteiger charge is -2.25. The quantitative estimate of drug-likeness (QED) is 0.288. The van der Waals surface area contributed by atoms with Gasteiger partial charge in [0.15, 0.2) is 5.82 Å². The first-order valence-electron chi connectivity index (χ1n) is 10.2. The van der Waals surface area contributed by atoms with Gasteiger partial charge in [-0.2, -0.15) is 0 Å². The van der Waals surface area contributed by atoms with E-state index >= 15 is 0 Å². The molecule has 0 aliphatic rings. The Morgan fingerprint density at radius 3 is 2.25 bits per heavy atom. The molecular formula is C24H16BrF3N2O5S. The van der Waals surface area contributed by atoms with Gasteiger partial charge in [0.2, 0.25) is 0 Å². The first-order valence-corrected chi connectivity index (χ1v) is 12.4. The summed E-state index contributed by atoms with van der Waals surface area (Å²) in [4.78, 5) is 15.3. The maximum atomic E-state index is 13.7. The van der Waals surface area contributed by atoms with Crippen LogP contribution in [0.5, 0.6) is 5.75 Å². The molecule has 186 valence electrons. The summed E-state index contributed by atoms with van der Waals surface area (Å²) in [5.74, 6) is -1.61. The first kappa shape index (κ1) is 25.5. The second-order valence-electron chi connectivity index (χ2n) is 7.52. The number of anilines is 1. The number of pyridine rings is 1. The number of nitrogens with zero attached hydrogens (tertiary/aromatic N) is 2. The van der Waals surface area contributed by atoms with Gasteiger partial charge in [0, 0.05) is 17.0 Å². The summed E-state index contributed by atoms with van der Waals surface area (Å²) < 4.78 is 70.2. The molecule has 0 amide bonds. The highest BCUT2D eigenvalue weighted by Gasteiger charge is 2.32. The van der Waals surface area contributed by atoms with Crippen LogP contribution in [0.25, 0.3) is 10.8 Å². The number of hydrogen-bond donors (Lipinski definition) is 1. The molecule has 1 heterocycles. The molecule has 0 aliphatic heterocycles. The van der Waals surface area contributed by atoms with E-state index in [1.807, 2.05) is 0 Å². The fraction of sp³-hybridized carbons (Fsp3) is 0.0833. The lowest BCUT2D eigenvalue weighted by molar-refractivity contribution is -0.274. The van der Waals surface area contributed by atoms with Crippen molar-refractivity contribution in [1.29, 1.82) is 0 Å². The van der Waals surface area contributed by atoms with Gasteiger partial charge >= 0.3 is 12.3 Å². The molecule has 0 spiro atoms. The van der Waals surface area contributed by atoms with E-state index in [4.69, 9.17) is 5.11 Å². The van der Waals surface area contributed by atoms with Crippen LogP contribution < -0.4 is 9.04 Å². The predicted molar refractivity (Wildman–Crippen MR) is 129 cm³/mol. The molecule has 0 saturated carbocycles. The monoisotopic (exact) mass is 580 g/mol. The third-order valence-corrected chi connectivity index (χ3v) is 7.66. The van der Waals surface area contributed by atoms with Crippen molar-refractivity contribution in [3.8, 4) is 5.75 Å². The van der Waals surface area contributed by atoms with Gasteiger partial charge in [-0.15, -0.1) is 13.2 Å². The number of halogens is 4. The van der Waals surface area contributed by atoms with Crippen LogP contribution in [0.3, 0.4) is 0 Å². The van der Waals surface area contributed by atoms with Crippen molar-refractivity contribution >= 4 is 48.5 Å². The van der Waals surface area contributed by atoms with E-state index in [0.717, 1.165) is 21.8 Å². The Kier molecular flexibility index (Phi) is 6.92. The average Bonchev–Trinajstić information content (AvgIpc) is 2.83. The van der Waals surface area contributed by atoms with Crippen molar-refractivity contribution in [3.63, 3.8) is 0 Å². The van der Waals surface area contributed by atoms with E-state index in [2.05, 4.69) is 25.7 Å². The van der Waals surface area contributed by atoms with Crippen molar-refractivity contribution in [3.05, 3.63) is 94.6 Å². The van der Waals surface area contributed by atoms with Crippen LogP contribution in [-0.2, 0) is 16.6 Å². The summed E-state index contributed by atoms with van der Waals surface area (Å²) in [6.07, 6.45) is -3.36. The van der Waals surface area contributed by atoms with E-state index < -0.39 is 28.1 Å². The van der Waals surface area contributed by atoms with Gasteiger partial charge < -0.3 is 9.84 Å². The second kappa shape index (κ2) is 9.78. The Hall–Kier alpha value is -3.64. The highest BCUT2D eigenvalue weighted by Crippen LogP contribution is 2.36. The minimum Gasteiger partial charge on any atom is -0.478 e. The minimum atomic E-state index is -4.86. The Morgan fingerprint density at radius 1 is 1.00 bits per heavy atom. The Labute approximate surface area is 211 Å². The number of carboxylic acids is 1. The standard InChI is InChI=1S/C24H16BrF3N2O5S/c25-21-20-4-2-1-3-17(20)13-29-22(21)30(14-15-5-9-18(10-6-15)35-24(26,27)28)36(33,34)19-11-7-16(8-12-19)23(31)32/h1-13H,14H2,(H,31,32). The van der Waals surface area contributed by atoms with Crippen molar-refractivity contribution in [2.75, 3.05) is 4.31 Å². The van der Waals surface area contributed by atoms with E-state index in [1.165, 1.54) is 42.6 Å². The molecule has 0 saturated heterocycles. The summed E-state index contributed by atoms with van der Waals surface area (Å²) in [6, 6.07) is 16.6. The molecule has 0 aliphatic carbocycles. The van der Waals surface area contributed by atoms with Crippen molar-refractivity contribution in [2.24, 2.45) is 0 Å². The smallest absolute Gasteiger partial charge is 0.478 e. The maximum Gasteiger partial charge on any atom is 0.573 e. The SMILES string of the molecule is O=C(O)c1ccc(S(=O)(=O)N(Cc2ccc(OC(F)(F)F)cc2)c2ncc3ccccc3c2Br)cc1. The zero-order valence-electron chi connectivity index (χ0n) is 18.1. The summed E-state index contributed by atoms with van der Waals surface area (Å²) >= 11 is 3.44. The molecular weight excluding hydrogens is 565 g/mol. The van der Waals surface area contributed by atoms with E-state index in [0.29, 0.717) is 15.4 Å². The van der Waals surface area contributed by atoms with E-state index in [-0.39, 0.29) is 22.8 Å². The maximum absolute atomic E-state index is 13.7. The molecule has 4 aromatic rings. The van der Waals surface area contributed by atoms with Crippen molar-refractivity contribution in [1.82, 2.24) is 4.98 Å². The molecule has 3 aromatic carbocycles. The summed E-state index contributed by atoms with van der Waals surface area (Å²) in [5.41, 5.74) is 0.267. The fourth-order valence-corrected chi connectivity index (χ4v) is 5.64. The van der Waals surface area contributed by atoms with Gasteiger partial charge in [0.1, 0.15) is 5.75 Å². The van der Waals surface area contributed by atoms with Crippen molar-refractivity contribution < 1.29 is 36.2 Å². The molecule has 1 aromatic heterocycles. The molecule has 0 bridgehead atoms. The number of alkyl halides is 3. The van der Waals surface area contributed by atoms with Gasteiger partial charge in [-0.05, 0) is 57.9 Å². The number of aromatic carboxylic acids is 1. The van der Waals surface area contributed by atoms with Crippen LogP contribution in [0.2, 0.25) is 0 Å². The first-order chi connectivity index (χ1) is 17.0. The van der Waals surface area contributed by atoms with Gasteiger partial charge in [0.05, 0.1) is 21.5 Å². The molecule has 36 heavy (non-hydrogen) atoms. The van der Waals surface area contributed by atoms with Gasteiger partial charge in [-0.25, -0.2) is 22.5 Å². The third-order valence-electron chi connectivity index (χ3n) is 5.13. The normalized spacial score (nSPS) is 11.9. The minimum absolute atomic E-state index is 0.0478. The number of ether oxygens (including phenoxy) is 1. The molecule has 7 nitrogen and oxygen atoms in total. The molecule has 0 unspecified atom stereocenters. The van der Waals surface area contributed by atoms with E-state index in [9.17, 15) is 26.4 Å². The molecule has 1 N–H and O–H groups in total. The summed E-state index contributed by atoms with van der Waals surface area (Å²) in [7, 11) is -4.29. The molecule has 0 radical (unpaired) electrons. The topological polar surface area (TPSA) is 96.8 Å². The molecule has 12 heteroatoms. The van der Waals surface area contributed by atoms with Gasteiger partial charge in [0.25, 0.3) is 10.0 Å². The summed E-state index contributed by atoms with van der Waals surface area (Å²) in [5, 5.41) is 10.6. The highest BCUT2D eigenvalue weighted by molar-refractivity contribution is 9.10. The van der Waals surface area contributed by atoms with E-state index in [1.54, 1.807) is 24.3 Å². The fourth-order valence-electron chi connectivity index (χ4n) is 3.42. The van der Waals surface area contributed by atoms with Gasteiger partial charge in [-0.3, -0.25) is 0 Å². The zero-order chi connectivity index (χ0) is 26.1. The summed E-state index contributed by atoms with van der Waals surface area (Å²) in [6.45, 7) is -0.279. The Morgan fingerprint density at radius 2 is 1.64 bits per heavy atom. The largest absolute Gasteiger partial charge is 0.573 e. The number of aromatic nitrogens is 1. The number of rotatable bonds is 7. The van der Waals surface area contributed by atoms with Crippen molar-refractivity contribution in [2.45, 2.75) is 17.8 Å². The Bertz CT molecular complexity index is 1530. The predicted octanol–water partition coefficient (Wildman–Crippen LogP) is 5.99. The average molecular weight is 581 g/mol. The molecule has 4 rings (SSSR count). The third kappa shape index (κ3) is 5.44. The van der Waals surface area contributed by atoms with Crippen LogP contribution in [0, 0.1) is 0 Å². The number of sulfonamides is 1. The van der Waals surface area contributed by atoms with Gasteiger partial charge in [-0.1, -0.05) is 36.4 Å². The zero-order valence-corrected chi connectivity index (χ0v) is 20.5. The number of benzene rings is 3. The molecule has 0 atom stereocenters. The van der Waals surface area contributed by atoms with Crippen LogP contribution in [0.15, 0.2) is 88.4 Å². The number of carbonyl (C=O) groups is 1.